The van der Waals surface area contributed by atoms with Crippen molar-refractivity contribution in [2.75, 3.05) is 92.6 Å². The Kier molecular flexibility index (Phi) is 14.7. The minimum Gasteiger partial charge on any atom is -1.00 e. The lowest BCUT2D eigenvalue weighted by Crippen LogP contribution is -3.00. The Bertz CT molecular complexity index is 269. The van der Waals surface area contributed by atoms with Gasteiger partial charge in [0, 0.05) is 39.3 Å². The van der Waals surface area contributed by atoms with Crippen LogP contribution in [0.2, 0.25) is 0 Å². The molecule has 148 valence electrons. The van der Waals surface area contributed by atoms with Gasteiger partial charge in [0.25, 0.3) is 0 Å². The second-order valence-electron chi connectivity index (χ2n) is 7.63. The average molecular weight is 474 g/mol. The Balaban J connectivity index is 0. The molecule has 1 heterocycles. The fourth-order valence-corrected chi connectivity index (χ4v) is 3.08. The first-order valence-electron chi connectivity index (χ1n) is 9.52. The molecule has 24 heavy (non-hydrogen) atoms. The summed E-state index contributed by atoms with van der Waals surface area (Å²) in [5.41, 5.74) is 0. The van der Waals surface area contributed by atoms with Gasteiger partial charge in [0.05, 0.1) is 53.4 Å². The fourth-order valence-electron chi connectivity index (χ4n) is 3.08. The zero-order valence-corrected chi connectivity index (χ0v) is 20.2. The van der Waals surface area contributed by atoms with E-state index >= 15 is 0 Å². The van der Waals surface area contributed by atoms with Crippen LogP contribution in [0.15, 0.2) is 0 Å². The van der Waals surface area contributed by atoms with Crippen LogP contribution in [-0.4, -0.2) is 111 Å². The molecule has 0 bridgehead atoms. The fraction of sp³-hybridized carbons (Fsp3) is 1.00. The van der Waals surface area contributed by atoms with Crippen molar-refractivity contribution < 1.29 is 42.9 Å². The highest BCUT2D eigenvalue weighted by atomic mass is 79.9. The zero-order chi connectivity index (χ0) is 16.6. The molecule has 6 heteroatoms. The van der Waals surface area contributed by atoms with Crippen molar-refractivity contribution >= 4 is 0 Å². The summed E-state index contributed by atoms with van der Waals surface area (Å²) in [6.07, 6.45) is 0. The predicted octanol–water partition coefficient (Wildman–Crippen LogP) is -4.42. The molecule has 0 N–H and O–H groups in total. The molecular weight excluding hydrogens is 432 g/mol. The summed E-state index contributed by atoms with van der Waals surface area (Å²) in [4.78, 5) is 5.35. The third-order valence-corrected chi connectivity index (χ3v) is 6.43. The van der Waals surface area contributed by atoms with Crippen molar-refractivity contribution in [1.82, 2.24) is 9.80 Å². The predicted molar refractivity (Wildman–Crippen MR) is 97.1 cm³/mol. The summed E-state index contributed by atoms with van der Waals surface area (Å²) in [5, 5.41) is 0. The first-order chi connectivity index (χ1) is 10.4. The highest BCUT2D eigenvalue weighted by Gasteiger charge is 2.23. The van der Waals surface area contributed by atoms with Crippen LogP contribution in [0.3, 0.4) is 0 Å². The number of piperazine rings is 1. The molecule has 1 aliphatic heterocycles. The van der Waals surface area contributed by atoms with Gasteiger partial charge in [-0.3, -0.25) is 9.80 Å². The summed E-state index contributed by atoms with van der Waals surface area (Å²) < 4.78 is 2.42. The van der Waals surface area contributed by atoms with E-state index in [2.05, 4.69) is 51.6 Å². The van der Waals surface area contributed by atoms with Crippen LogP contribution in [0.4, 0.5) is 0 Å². The van der Waals surface area contributed by atoms with Crippen molar-refractivity contribution in [2.24, 2.45) is 0 Å². The van der Waals surface area contributed by atoms with Crippen molar-refractivity contribution in [3.8, 4) is 0 Å². The monoisotopic (exact) mass is 472 g/mol. The topological polar surface area (TPSA) is 6.48 Å². The minimum atomic E-state index is 0. The number of quaternary nitrogens is 2. The minimum absolute atomic E-state index is 0. The third-order valence-electron chi connectivity index (χ3n) is 6.43. The molecule has 0 spiro atoms. The molecule has 1 fully saturated rings. The molecule has 0 saturated carbocycles. The first kappa shape index (κ1) is 27.0. The normalized spacial score (nSPS) is 17.2. The van der Waals surface area contributed by atoms with Crippen molar-refractivity contribution in [1.29, 1.82) is 0 Å². The molecule has 0 aliphatic carbocycles. The Morgan fingerprint density at radius 2 is 0.833 bits per heavy atom. The zero-order valence-electron chi connectivity index (χ0n) is 17.0. The molecule has 0 aromatic rings. The van der Waals surface area contributed by atoms with E-state index in [1.807, 2.05) is 0 Å². The average Bonchev–Trinajstić information content (AvgIpc) is 2.58. The van der Waals surface area contributed by atoms with Gasteiger partial charge in [-0.05, 0) is 27.7 Å². The number of hydrogen-bond acceptors (Lipinski definition) is 2. The van der Waals surface area contributed by atoms with Crippen molar-refractivity contribution in [3.05, 3.63) is 0 Å². The first-order valence-corrected chi connectivity index (χ1v) is 9.52. The molecule has 0 atom stereocenters. The second kappa shape index (κ2) is 13.0. The van der Waals surface area contributed by atoms with E-state index in [9.17, 15) is 0 Å². The standard InChI is InChI=1S/C18H42N4.2BrH/c1-7-21(5,8-2)17-15-19-11-13-20(14-12-19)16-18-22(6,9-3)10-4;;/h7-18H2,1-6H3;2*1H/q+2;;/p-2. The van der Waals surface area contributed by atoms with Crippen molar-refractivity contribution in [2.45, 2.75) is 27.7 Å². The molecule has 0 amide bonds. The van der Waals surface area contributed by atoms with Gasteiger partial charge in [0.15, 0.2) is 0 Å². The summed E-state index contributed by atoms with van der Waals surface area (Å²) in [7, 11) is 4.79. The summed E-state index contributed by atoms with van der Waals surface area (Å²) in [6.45, 7) is 24.4. The molecule has 0 radical (unpaired) electrons. The Hall–Kier alpha value is 0.800. The van der Waals surface area contributed by atoms with E-state index in [0.717, 1.165) is 0 Å². The number of rotatable bonds is 10. The van der Waals surface area contributed by atoms with Crippen LogP contribution in [0.5, 0.6) is 0 Å². The smallest absolute Gasteiger partial charge is 0.0913 e. The Morgan fingerprint density at radius 1 is 0.583 bits per heavy atom. The van der Waals surface area contributed by atoms with Gasteiger partial charge in [-0.2, -0.15) is 0 Å². The van der Waals surface area contributed by atoms with Gasteiger partial charge in [0.2, 0.25) is 0 Å². The van der Waals surface area contributed by atoms with Gasteiger partial charge in [-0.1, -0.05) is 0 Å². The van der Waals surface area contributed by atoms with E-state index in [1.54, 1.807) is 0 Å². The van der Waals surface area contributed by atoms with Crippen LogP contribution in [0, 0.1) is 0 Å². The quantitative estimate of drug-likeness (QED) is 0.295. The number of hydrogen-bond donors (Lipinski definition) is 0. The van der Waals surface area contributed by atoms with Gasteiger partial charge >= 0.3 is 0 Å². The van der Waals surface area contributed by atoms with E-state index in [0.29, 0.717) is 0 Å². The van der Waals surface area contributed by atoms with Gasteiger partial charge in [-0.25, -0.2) is 0 Å². The summed E-state index contributed by atoms with van der Waals surface area (Å²) >= 11 is 0. The van der Waals surface area contributed by atoms with E-state index < -0.39 is 0 Å². The maximum atomic E-state index is 2.67. The Morgan fingerprint density at radius 3 is 1.04 bits per heavy atom. The summed E-state index contributed by atoms with van der Waals surface area (Å²) in [6, 6.07) is 0. The lowest BCUT2D eigenvalue weighted by molar-refractivity contribution is -0.905. The van der Waals surface area contributed by atoms with Crippen LogP contribution in [-0.2, 0) is 0 Å². The van der Waals surface area contributed by atoms with Crippen LogP contribution in [0.1, 0.15) is 27.7 Å². The van der Waals surface area contributed by atoms with Gasteiger partial charge in [-0.15, -0.1) is 0 Å². The highest BCUT2D eigenvalue weighted by Crippen LogP contribution is 2.07. The van der Waals surface area contributed by atoms with Crippen LogP contribution < -0.4 is 34.0 Å². The lowest BCUT2D eigenvalue weighted by atomic mass is 10.2. The van der Waals surface area contributed by atoms with Gasteiger partial charge in [0.1, 0.15) is 0 Å². The maximum absolute atomic E-state index is 2.67. The molecule has 1 saturated heterocycles. The van der Waals surface area contributed by atoms with E-state index in [4.69, 9.17) is 0 Å². The van der Waals surface area contributed by atoms with Gasteiger partial charge < -0.3 is 42.9 Å². The third kappa shape index (κ3) is 8.95. The summed E-state index contributed by atoms with van der Waals surface area (Å²) in [5.74, 6) is 0. The molecule has 1 aliphatic rings. The number of nitrogens with zero attached hydrogens (tertiary/aromatic N) is 4. The highest BCUT2D eigenvalue weighted by molar-refractivity contribution is 4.71. The maximum Gasteiger partial charge on any atom is 0.0913 e. The molecule has 0 aromatic heterocycles. The van der Waals surface area contributed by atoms with Crippen molar-refractivity contribution in [3.63, 3.8) is 0 Å². The SMILES string of the molecule is CC[N+](C)(CC)CCN1CCN(CC[N+](C)(CC)CC)CC1.[Br-].[Br-]. The van der Waals surface area contributed by atoms with Crippen LogP contribution >= 0.6 is 0 Å². The van der Waals surface area contributed by atoms with E-state index in [1.165, 1.54) is 87.5 Å². The molecule has 0 unspecified atom stereocenters. The molecular formula is C18H42Br2N4. The molecule has 4 nitrogen and oxygen atoms in total. The number of likely N-dealkylation sites (N-methyl/N-ethyl adjacent to an activating group) is 2. The van der Waals surface area contributed by atoms with E-state index in [-0.39, 0.29) is 34.0 Å². The van der Waals surface area contributed by atoms with Crippen LogP contribution in [0.25, 0.3) is 0 Å². The molecule has 0 aromatic carbocycles. The lowest BCUT2D eigenvalue weighted by Gasteiger charge is -2.39. The number of halogens is 2. The molecule has 1 rings (SSSR count). The largest absolute Gasteiger partial charge is 1.00 e. The Labute approximate surface area is 172 Å². The second-order valence-corrected chi connectivity index (χ2v) is 7.63.